The number of hydrogen-bond donors (Lipinski definition) is 0. The molecule has 1 aromatic rings. The molecule has 0 radical (unpaired) electrons. The van der Waals surface area contributed by atoms with Crippen molar-refractivity contribution in [3.8, 4) is 0 Å². The van der Waals surface area contributed by atoms with Gasteiger partial charge < -0.3 is 0 Å². The summed E-state index contributed by atoms with van der Waals surface area (Å²) in [6.07, 6.45) is 0. The standard InChI is InChI=1S/C7H2F2N.3CH3.Sn/c1-10-7-5(8)3-2-4-6(7)9;;;;/h2-3H;3*1H3;. The Morgan fingerprint density at radius 3 is 2.21 bits per heavy atom. The van der Waals surface area contributed by atoms with Gasteiger partial charge in [0.05, 0.1) is 0 Å². The van der Waals surface area contributed by atoms with Gasteiger partial charge in [0.15, 0.2) is 0 Å². The second-order valence-electron chi connectivity index (χ2n) is 4.12. The van der Waals surface area contributed by atoms with Crippen LogP contribution in [0.3, 0.4) is 0 Å². The Labute approximate surface area is 86.4 Å². The Morgan fingerprint density at radius 1 is 1.21 bits per heavy atom. The van der Waals surface area contributed by atoms with E-state index >= 15 is 0 Å². The molecule has 0 fully saturated rings. The summed E-state index contributed by atoms with van der Waals surface area (Å²) in [5.74, 6) is -1.42. The monoisotopic (exact) mass is 303 g/mol. The molecule has 0 spiro atoms. The fourth-order valence-corrected chi connectivity index (χ4v) is 5.10. The minimum atomic E-state index is -2.56. The van der Waals surface area contributed by atoms with E-state index in [0.29, 0.717) is 3.58 Å². The molecule has 0 atom stereocenters. The molecule has 0 unspecified atom stereocenters. The summed E-state index contributed by atoms with van der Waals surface area (Å²) < 4.78 is 27.2. The van der Waals surface area contributed by atoms with Gasteiger partial charge in [-0.1, -0.05) is 0 Å². The van der Waals surface area contributed by atoms with Crippen LogP contribution in [0, 0.1) is 18.2 Å². The SMILES string of the molecule is [C-]#[N+]c1c(F)cc[c]([Sn]([CH3])([CH3])[CH3])c1F. The number of nitrogens with zero attached hydrogens (tertiary/aromatic N) is 1. The van der Waals surface area contributed by atoms with Gasteiger partial charge in [0.2, 0.25) is 0 Å². The van der Waals surface area contributed by atoms with Crippen LogP contribution in [0.4, 0.5) is 14.5 Å². The molecule has 1 rings (SSSR count). The summed E-state index contributed by atoms with van der Waals surface area (Å²) in [5.41, 5.74) is -0.464. The van der Waals surface area contributed by atoms with E-state index in [2.05, 4.69) is 4.85 Å². The molecule has 4 heteroatoms. The van der Waals surface area contributed by atoms with Crippen molar-refractivity contribution in [1.82, 2.24) is 0 Å². The molecular weight excluding hydrogens is 291 g/mol. The summed E-state index contributed by atoms with van der Waals surface area (Å²) in [7, 11) is 0. The van der Waals surface area contributed by atoms with E-state index in [0.717, 1.165) is 0 Å². The molecule has 1 nitrogen and oxygen atoms in total. The van der Waals surface area contributed by atoms with Gasteiger partial charge in [-0.15, -0.1) is 0 Å². The molecule has 0 aliphatic rings. The third kappa shape index (κ3) is 2.06. The molecule has 74 valence electrons. The number of benzene rings is 1. The zero-order chi connectivity index (χ0) is 10.9. The van der Waals surface area contributed by atoms with Crippen LogP contribution in [0.15, 0.2) is 12.1 Å². The first kappa shape index (κ1) is 11.4. The third-order valence-electron chi connectivity index (χ3n) is 1.99. The molecule has 0 saturated heterocycles. The van der Waals surface area contributed by atoms with Crippen molar-refractivity contribution in [3.05, 3.63) is 35.2 Å². The van der Waals surface area contributed by atoms with Gasteiger partial charge in [-0.05, 0) is 0 Å². The van der Waals surface area contributed by atoms with Gasteiger partial charge in [0.25, 0.3) is 0 Å². The van der Waals surface area contributed by atoms with E-state index in [-0.39, 0.29) is 0 Å². The van der Waals surface area contributed by atoms with E-state index in [4.69, 9.17) is 6.57 Å². The molecule has 1 aromatic carbocycles. The molecule has 0 N–H and O–H groups in total. The maximum atomic E-state index is 13.6. The molecule has 0 amide bonds. The van der Waals surface area contributed by atoms with E-state index in [1.165, 1.54) is 12.1 Å². The van der Waals surface area contributed by atoms with Gasteiger partial charge in [0.1, 0.15) is 0 Å². The van der Waals surface area contributed by atoms with Gasteiger partial charge in [-0.3, -0.25) is 0 Å². The van der Waals surface area contributed by atoms with Crippen LogP contribution >= 0.6 is 0 Å². The van der Waals surface area contributed by atoms with Crippen molar-refractivity contribution in [2.45, 2.75) is 14.8 Å². The summed E-state index contributed by atoms with van der Waals surface area (Å²) in [6.45, 7) is 6.69. The van der Waals surface area contributed by atoms with Crippen molar-refractivity contribution in [2.24, 2.45) is 0 Å². The Hall–Kier alpha value is -0.631. The predicted octanol–water partition coefficient (Wildman–Crippen LogP) is 3.06. The zero-order valence-electron chi connectivity index (χ0n) is 8.36. The van der Waals surface area contributed by atoms with Crippen LogP contribution < -0.4 is 3.58 Å². The van der Waals surface area contributed by atoms with Crippen molar-refractivity contribution < 1.29 is 8.78 Å². The molecule has 14 heavy (non-hydrogen) atoms. The summed E-state index contributed by atoms with van der Waals surface area (Å²) in [4.78, 5) is 8.96. The summed E-state index contributed by atoms with van der Waals surface area (Å²) >= 11 is -2.56. The van der Waals surface area contributed by atoms with Gasteiger partial charge >= 0.3 is 86.4 Å². The van der Waals surface area contributed by atoms with Crippen molar-refractivity contribution in [2.75, 3.05) is 0 Å². The second-order valence-corrected chi connectivity index (χ2v) is 18.5. The normalized spacial score (nSPS) is 11.1. The van der Waals surface area contributed by atoms with Crippen molar-refractivity contribution in [1.29, 1.82) is 0 Å². The van der Waals surface area contributed by atoms with E-state index in [9.17, 15) is 8.78 Å². The van der Waals surface area contributed by atoms with Crippen molar-refractivity contribution >= 4 is 27.6 Å². The fourth-order valence-electron chi connectivity index (χ4n) is 1.22. The quantitative estimate of drug-likeness (QED) is 0.555. The Kier molecular flexibility index (Phi) is 3.15. The molecule has 0 aliphatic carbocycles. The minimum absolute atomic E-state index is 0.464. The van der Waals surface area contributed by atoms with Crippen molar-refractivity contribution in [3.63, 3.8) is 0 Å². The molecule has 0 heterocycles. The summed E-state index contributed by atoms with van der Waals surface area (Å²) in [5, 5.41) is 0. The molecular formula is C10H11F2NSn. The average molecular weight is 302 g/mol. The fraction of sp³-hybridized carbons (Fsp3) is 0.300. The van der Waals surface area contributed by atoms with Crippen LogP contribution in [-0.2, 0) is 0 Å². The van der Waals surface area contributed by atoms with Crippen LogP contribution in [-0.4, -0.2) is 18.4 Å². The Morgan fingerprint density at radius 2 is 1.79 bits per heavy atom. The van der Waals surface area contributed by atoms with E-state index in [1.54, 1.807) is 0 Å². The average Bonchev–Trinajstić information content (AvgIpc) is 2.02. The molecule has 0 aliphatic heterocycles. The molecule has 0 saturated carbocycles. The van der Waals surface area contributed by atoms with Crippen LogP contribution in [0.5, 0.6) is 0 Å². The van der Waals surface area contributed by atoms with Gasteiger partial charge in [-0.25, -0.2) is 0 Å². The van der Waals surface area contributed by atoms with E-state index < -0.39 is 35.7 Å². The summed E-state index contributed by atoms with van der Waals surface area (Å²) in [6, 6.07) is 2.67. The maximum absolute atomic E-state index is 13.6. The molecule has 0 aromatic heterocycles. The number of rotatable bonds is 1. The van der Waals surface area contributed by atoms with E-state index in [1.807, 2.05) is 14.8 Å². The predicted molar refractivity (Wildman–Crippen MR) is 55.6 cm³/mol. The topological polar surface area (TPSA) is 4.36 Å². The van der Waals surface area contributed by atoms with Crippen LogP contribution in [0.1, 0.15) is 0 Å². The second kappa shape index (κ2) is 3.85. The number of halogens is 2. The van der Waals surface area contributed by atoms with Crippen LogP contribution in [0.2, 0.25) is 14.8 Å². The first-order chi connectivity index (χ1) is 6.38. The van der Waals surface area contributed by atoms with Gasteiger partial charge in [-0.2, -0.15) is 0 Å². The Balaban J connectivity index is 3.46. The van der Waals surface area contributed by atoms with Gasteiger partial charge in [0, 0.05) is 0 Å². The zero-order valence-corrected chi connectivity index (χ0v) is 11.2. The Bertz CT molecular complexity index is 402. The first-order valence-electron chi connectivity index (χ1n) is 4.24. The third-order valence-corrected chi connectivity index (χ3v) is 7.70. The first-order valence-corrected chi connectivity index (χ1v) is 14.2. The number of hydrogen-bond acceptors (Lipinski definition) is 0. The van der Waals surface area contributed by atoms with Crippen LogP contribution in [0.25, 0.3) is 4.85 Å². The molecule has 0 bridgehead atoms.